The summed E-state index contributed by atoms with van der Waals surface area (Å²) < 4.78 is 12.7. The number of rotatable bonds is 11. The molecule has 36 heavy (non-hydrogen) atoms. The van der Waals surface area contributed by atoms with Crippen LogP contribution in [0.2, 0.25) is 0 Å². The molecule has 1 unspecified atom stereocenters. The van der Waals surface area contributed by atoms with E-state index in [4.69, 9.17) is 9.47 Å². The zero-order chi connectivity index (χ0) is 25.7. The molecule has 1 atom stereocenters. The average molecular weight is 491 g/mol. The highest BCUT2D eigenvalue weighted by Crippen LogP contribution is 2.29. The summed E-state index contributed by atoms with van der Waals surface area (Å²) >= 11 is 0. The number of hydrogen-bond acceptors (Lipinski definition) is 7. The summed E-state index contributed by atoms with van der Waals surface area (Å²) in [6, 6.07) is 14.0. The van der Waals surface area contributed by atoms with Crippen LogP contribution in [0.25, 0.3) is 10.9 Å². The third-order valence-electron chi connectivity index (χ3n) is 6.65. The monoisotopic (exact) mass is 490 g/mol. The van der Waals surface area contributed by atoms with E-state index in [0.29, 0.717) is 31.8 Å². The van der Waals surface area contributed by atoms with Crippen molar-refractivity contribution in [3.63, 3.8) is 0 Å². The Hall–Kier alpha value is -3.56. The largest absolute Gasteiger partial charge is 0.496 e. The summed E-state index contributed by atoms with van der Waals surface area (Å²) in [4.78, 5) is 18.6. The number of benzene rings is 2. The summed E-state index contributed by atoms with van der Waals surface area (Å²) in [7, 11) is 3.33. The second-order valence-electron chi connectivity index (χ2n) is 9.01. The summed E-state index contributed by atoms with van der Waals surface area (Å²) in [5.74, 6) is 1.55. The van der Waals surface area contributed by atoms with Crippen LogP contribution >= 0.6 is 0 Å². The number of para-hydroxylation sites is 1. The minimum Gasteiger partial charge on any atom is -0.496 e. The van der Waals surface area contributed by atoms with Gasteiger partial charge in [0.15, 0.2) is 5.82 Å². The number of pyridine rings is 1. The van der Waals surface area contributed by atoms with Gasteiger partial charge in [-0.2, -0.15) is 0 Å². The van der Waals surface area contributed by atoms with Crippen LogP contribution in [-0.4, -0.2) is 50.9 Å². The van der Waals surface area contributed by atoms with Crippen molar-refractivity contribution in [1.82, 2.24) is 30.1 Å². The van der Waals surface area contributed by atoms with Crippen molar-refractivity contribution in [2.75, 3.05) is 20.8 Å². The molecule has 9 nitrogen and oxygen atoms in total. The van der Waals surface area contributed by atoms with Crippen LogP contribution < -0.4 is 10.3 Å². The fraction of sp³-hybridized carbons (Fsp3) is 0.407. The number of methoxy groups -OCH3 is 2. The molecule has 1 N–H and O–H groups in total. The molecule has 190 valence electrons. The molecular weight excluding hydrogens is 456 g/mol. The number of nitrogens with zero attached hydrogens (tertiary/aromatic N) is 5. The Morgan fingerprint density at radius 3 is 2.56 bits per heavy atom. The number of ether oxygens (including phenoxy) is 2. The van der Waals surface area contributed by atoms with E-state index in [1.54, 1.807) is 18.9 Å². The van der Waals surface area contributed by atoms with Crippen LogP contribution in [0.1, 0.15) is 47.5 Å². The number of aryl methyl sites for hydroxylation is 2. The van der Waals surface area contributed by atoms with E-state index in [1.807, 2.05) is 43.3 Å². The summed E-state index contributed by atoms with van der Waals surface area (Å²) in [5.41, 5.74) is 4.69. The van der Waals surface area contributed by atoms with Crippen molar-refractivity contribution in [3.8, 4) is 5.75 Å². The van der Waals surface area contributed by atoms with E-state index in [9.17, 15) is 4.79 Å². The lowest BCUT2D eigenvalue weighted by atomic mass is 10.0. The van der Waals surface area contributed by atoms with Gasteiger partial charge in [0.25, 0.3) is 5.56 Å². The predicted octanol–water partition coefficient (Wildman–Crippen LogP) is 3.94. The van der Waals surface area contributed by atoms with E-state index < -0.39 is 0 Å². The molecule has 0 aliphatic heterocycles. The number of fused-ring (bicyclic) bond motifs is 1. The minimum absolute atomic E-state index is 0.0879. The molecule has 2 heterocycles. The second-order valence-corrected chi connectivity index (χ2v) is 9.01. The molecule has 2 aromatic carbocycles. The predicted molar refractivity (Wildman–Crippen MR) is 139 cm³/mol. The number of hydrogen-bond donors (Lipinski definition) is 1. The highest BCUT2D eigenvalue weighted by atomic mass is 16.5. The SMILES string of the molecule is CCC(c1nnnn1CCOC)N(Cc1ccccc1OC)Cc1cc2c(C)ccc(C)c2[nH]c1=O. The molecular formula is C27H34N6O3. The zero-order valence-electron chi connectivity index (χ0n) is 21.6. The van der Waals surface area contributed by atoms with Gasteiger partial charge in [-0.1, -0.05) is 37.3 Å². The van der Waals surface area contributed by atoms with E-state index in [0.717, 1.165) is 45.6 Å². The Morgan fingerprint density at radius 2 is 1.81 bits per heavy atom. The van der Waals surface area contributed by atoms with Gasteiger partial charge in [0, 0.05) is 36.7 Å². The lowest BCUT2D eigenvalue weighted by Crippen LogP contribution is -2.32. The zero-order valence-corrected chi connectivity index (χ0v) is 21.6. The lowest BCUT2D eigenvalue weighted by molar-refractivity contribution is 0.149. The molecule has 9 heteroatoms. The van der Waals surface area contributed by atoms with Crippen LogP contribution in [0.15, 0.2) is 47.3 Å². The van der Waals surface area contributed by atoms with Crippen LogP contribution in [0.3, 0.4) is 0 Å². The number of aromatic amines is 1. The molecule has 0 fully saturated rings. The first-order valence-electron chi connectivity index (χ1n) is 12.2. The molecule has 0 saturated heterocycles. The van der Waals surface area contributed by atoms with Gasteiger partial charge in [0.1, 0.15) is 5.75 Å². The Bertz CT molecular complexity index is 1380. The maximum Gasteiger partial charge on any atom is 0.252 e. The van der Waals surface area contributed by atoms with Crippen LogP contribution in [0.5, 0.6) is 5.75 Å². The first kappa shape index (κ1) is 25.5. The van der Waals surface area contributed by atoms with Crippen molar-refractivity contribution < 1.29 is 9.47 Å². The minimum atomic E-state index is -0.129. The van der Waals surface area contributed by atoms with Gasteiger partial charge in [0.05, 0.1) is 31.8 Å². The Labute approximate surface area is 211 Å². The highest BCUT2D eigenvalue weighted by Gasteiger charge is 2.27. The van der Waals surface area contributed by atoms with Crippen LogP contribution in [0.4, 0.5) is 0 Å². The first-order chi connectivity index (χ1) is 17.5. The fourth-order valence-electron chi connectivity index (χ4n) is 4.67. The maximum absolute atomic E-state index is 13.2. The standard InChI is InChI=1S/C27H34N6O3/c1-6-23(26-29-30-31-33(26)13-14-35-4)32(16-20-9-7-8-10-24(20)36-5)17-21-15-22-18(2)11-12-19(3)25(22)28-27(21)34/h7-12,15,23H,6,13-14,16-17H2,1-5H3,(H,28,34). The maximum atomic E-state index is 13.2. The fourth-order valence-corrected chi connectivity index (χ4v) is 4.67. The Morgan fingerprint density at radius 1 is 1.06 bits per heavy atom. The van der Waals surface area contributed by atoms with Gasteiger partial charge in [-0.05, 0) is 54.0 Å². The van der Waals surface area contributed by atoms with Gasteiger partial charge >= 0.3 is 0 Å². The third-order valence-corrected chi connectivity index (χ3v) is 6.65. The topological polar surface area (TPSA) is 98.2 Å². The molecule has 2 aromatic heterocycles. The molecule has 4 rings (SSSR count). The lowest BCUT2D eigenvalue weighted by Gasteiger charge is -2.30. The van der Waals surface area contributed by atoms with Gasteiger partial charge in [-0.15, -0.1) is 5.10 Å². The van der Waals surface area contributed by atoms with E-state index in [-0.39, 0.29) is 11.6 Å². The molecule has 0 spiro atoms. The van der Waals surface area contributed by atoms with Crippen molar-refractivity contribution in [2.45, 2.75) is 52.9 Å². The van der Waals surface area contributed by atoms with E-state index >= 15 is 0 Å². The summed E-state index contributed by atoms with van der Waals surface area (Å²) in [6.07, 6.45) is 0.756. The number of tetrazole rings is 1. The van der Waals surface area contributed by atoms with Crippen LogP contribution in [0, 0.1) is 13.8 Å². The Kier molecular flexibility index (Phi) is 8.12. The molecule has 4 aromatic rings. The molecule has 0 bridgehead atoms. The number of H-pyrrole nitrogens is 1. The normalized spacial score (nSPS) is 12.4. The smallest absolute Gasteiger partial charge is 0.252 e. The van der Waals surface area contributed by atoms with Crippen molar-refractivity contribution in [2.24, 2.45) is 0 Å². The van der Waals surface area contributed by atoms with Crippen molar-refractivity contribution in [3.05, 3.63) is 80.9 Å². The molecule has 0 radical (unpaired) electrons. The van der Waals surface area contributed by atoms with E-state index in [2.05, 4.69) is 45.3 Å². The van der Waals surface area contributed by atoms with Crippen LogP contribution in [-0.2, 0) is 24.4 Å². The first-order valence-corrected chi connectivity index (χ1v) is 12.2. The summed E-state index contributed by atoms with van der Waals surface area (Å²) in [6.45, 7) is 8.22. The number of nitrogens with one attached hydrogen (secondary N) is 1. The molecule has 0 aliphatic carbocycles. The van der Waals surface area contributed by atoms with Gasteiger partial charge in [-0.25, -0.2) is 4.68 Å². The quantitative estimate of drug-likeness (QED) is 0.340. The molecule has 0 amide bonds. The third kappa shape index (κ3) is 5.32. The van der Waals surface area contributed by atoms with Crippen molar-refractivity contribution >= 4 is 10.9 Å². The summed E-state index contributed by atoms with van der Waals surface area (Å²) in [5, 5.41) is 13.6. The van der Waals surface area contributed by atoms with E-state index in [1.165, 1.54) is 0 Å². The molecule has 0 aliphatic rings. The van der Waals surface area contributed by atoms with Gasteiger partial charge in [-0.3, -0.25) is 9.69 Å². The molecule has 0 saturated carbocycles. The average Bonchev–Trinajstić information content (AvgIpc) is 3.34. The van der Waals surface area contributed by atoms with Gasteiger partial charge < -0.3 is 14.5 Å². The second kappa shape index (κ2) is 11.5. The Balaban J connectivity index is 1.78. The van der Waals surface area contributed by atoms with Gasteiger partial charge in [0.2, 0.25) is 0 Å². The van der Waals surface area contributed by atoms with Crippen molar-refractivity contribution in [1.29, 1.82) is 0 Å². The highest BCUT2D eigenvalue weighted by molar-refractivity contribution is 5.85. The number of aromatic nitrogens is 5.